The topological polar surface area (TPSA) is 12.0 Å². The normalized spacial score (nSPS) is 12.9. The molecule has 0 bridgehead atoms. The van der Waals surface area contributed by atoms with Crippen LogP contribution in [-0.2, 0) is 0 Å². The number of hydrogen-bond donors (Lipinski definition) is 1. The van der Waals surface area contributed by atoms with Gasteiger partial charge >= 0.3 is 0 Å². The highest BCUT2D eigenvalue weighted by molar-refractivity contribution is 7.98. The molecule has 0 unspecified atom stereocenters. The van der Waals surface area contributed by atoms with Crippen molar-refractivity contribution in [2.75, 3.05) is 13.3 Å². The summed E-state index contributed by atoms with van der Waals surface area (Å²) in [5, 5.41) is 3.22. The molecule has 0 fully saturated rings. The average molecular weight is 181 g/mol. The van der Waals surface area contributed by atoms with E-state index in [2.05, 4.69) is 42.8 Å². The molecule has 0 aliphatic carbocycles. The molecule has 0 heterocycles. The zero-order valence-corrected chi connectivity index (χ0v) is 8.61. The zero-order valence-electron chi connectivity index (χ0n) is 7.79. The van der Waals surface area contributed by atoms with Crippen LogP contribution in [0.25, 0.3) is 0 Å². The molecule has 1 nitrogen and oxygen atoms in total. The summed E-state index contributed by atoms with van der Waals surface area (Å²) in [6.07, 6.45) is 2.10. The highest BCUT2D eigenvalue weighted by Crippen LogP contribution is 2.19. The summed E-state index contributed by atoms with van der Waals surface area (Å²) >= 11 is 1.78. The lowest BCUT2D eigenvalue weighted by Crippen LogP contribution is -2.11. The Bertz CT molecular complexity index is 247. The third kappa shape index (κ3) is 2.26. The second-order valence-electron chi connectivity index (χ2n) is 2.79. The van der Waals surface area contributed by atoms with Gasteiger partial charge in [-0.2, -0.15) is 0 Å². The van der Waals surface area contributed by atoms with Gasteiger partial charge in [-0.25, -0.2) is 0 Å². The van der Waals surface area contributed by atoms with Gasteiger partial charge < -0.3 is 5.32 Å². The Kier molecular flexibility index (Phi) is 3.63. The summed E-state index contributed by atoms with van der Waals surface area (Å²) in [6.45, 7) is 2.17. The van der Waals surface area contributed by atoms with Crippen LogP contribution in [-0.4, -0.2) is 13.3 Å². The molecule has 2 heteroatoms. The number of rotatable bonds is 3. The average Bonchev–Trinajstić information content (AvgIpc) is 2.17. The van der Waals surface area contributed by atoms with Crippen molar-refractivity contribution in [2.45, 2.75) is 17.9 Å². The van der Waals surface area contributed by atoms with Gasteiger partial charge in [0.15, 0.2) is 0 Å². The lowest BCUT2D eigenvalue weighted by atomic mass is 10.1. The van der Waals surface area contributed by atoms with E-state index >= 15 is 0 Å². The van der Waals surface area contributed by atoms with Gasteiger partial charge in [0.2, 0.25) is 0 Å². The van der Waals surface area contributed by atoms with Crippen molar-refractivity contribution in [1.29, 1.82) is 0 Å². The summed E-state index contributed by atoms with van der Waals surface area (Å²) in [7, 11) is 1.98. The molecule has 12 heavy (non-hydrogen) atoms. The third-order valence-corrected chi connectivity index (χ3v) is 2.75. The monoisotopic (exact) mass is 181 g/mol. The van der Waals surface area contributed by atoms with Gasteiger partial charge in [-0.05, 0) is 37.9 Å². The van der Waals surface area contributed by atoms with Crippen molar-refractivity contribution in [3.63, 3.8) is 0 Å². The van der Waals surface area contributed by atoms with Gasteiger partial charge in [-0.3, -0.25) is 0 Å². The number of nitrogens with one attached hydrogen (secondary N) is 1. The van der Waals surface area contributed by atoms with Crippen LogP contribution in [0, 0.1) is 0 Å². The molecule has 0 radical (unpaired) electrons. The minimum Gasteiger partial charge on any atom is -0.313 e. The van der Waals surface area contributed by atoms with E-state index in [4.69, 9.17) is 0 Å². The molecule has 1 aromatic carbocycles. The minimum atomic E-state index is 0.442. The Hall–Kier alpha value is -0.470. The molecule has 1 aromatic rings. The first-order chi connectivity index (χ1) is 5.77. The van der Waals surface area contributed by atoms with E-state index in [9.17, 15) is 0 Å². The fourth-order valence-electron chi connectivity index (χ4n) is 1.08. The van der Waals surface area contributed by atoms with E-state index in [0.29, 0.717) is 6.04 Å². The molecule has 1 atom stereocenters. The molecule has 0 aliphatic rings. The number of thioether (sulfide) groups is 1. The molecule has 66 valence electrons. The summed E-state index contributed by atoms with van der Waals surface area (Å²) in [4.78, 5) is 1.33. The van der Waals surface area contributed by atoms with Crippen molar-refractivity contribution < 1.29 is 0 Å². The van der Waals surface area contributed by atoms with Gasteiger partial charge in [0.25, 0.3) is 0 Å². The summed E-state index contributed by atoms with van der Waals surface area (Å²) in [5.74, 6) is 0. The molecular formula is C10H15NS. The fourth-order valence-corrected chi connectivity index (χ4v) is 1.55. The standard InChI is InChI=1S/C10H15NS/c1-8(11-2)9-5-4-6-10(7-9)12-3/h4-8,11H,1-3H3/t8-/m1/s1. The Morgan fingerprint density at radius 2 is 2.17 bits per heavy atom. The fraction of sp³-hybridized carbons (Fsp3) is 0.400. The van der Waals surface area contributed by atoms with Crippen molar-refractivity contribution in [3.8, 4) is 0 Å². The smallest absolute Gasteiger partial charge is 0.0289 e. The Morgan fingerprint density at radius 3 is 2.75 bits per heavy atom. The zero-order chi connectivity index (χ0) is 8.97. The largest absolute Gasteiger partial charge is 0.313 e. The van der Waals surface area contributed by atoms with Crippen molar-refractivity contribution in [2.24, 2.45) is 0 Å². The quantitative estimate of drug-likeness (QED) is 0.720. The second-order valence-corrected chi connectivity index (χ2v) is 3.67. The van der Waals surface area contributed by atoms with Crippen molar-refractivity contribution >= 4 is 11.8 Å². The lowest BCUT2D eigenvalue weighted by molar-refractivity contribution is 0.651. The molecule has 1 rings (SSSR count). The maximum Gasteiger partial charge on any atom is 0.0289 e. The molecule has 0 saturated heterocycles. The highest BCUT2D eigenvalue weighted by Gasteiger charge is 2.01. The van der Waals surface area contributed by atoms with Crippen LogP contribution < -0.4 is 5.32 Å². The predicted octanol–water partition coefficient (Wildman–Crippen LogP) is 2.69. The van der Waals surface area contributed by atoms with Gasteiger partial charge in [0.05, 0.1) is 0 Å². The molecule has 0 amide bonds. The van der Waals surface area contributed by atoms with Gasteiger partial charge in [0.1, 0.15) is 0 Å². The SMILES string of the molecule is CN[C@H](C)c1cccc(SC)c1. The van der Waals surface area contributed by atoms with Gasteiger partial charge in [-0.15, -0.1) is 11.8 Å². The first kappa shape index (κ1) is 9.62. The molecule has 1 N–H and O–H groups in total. The maximum atomic E-state index is 3.22. The maximum absolute atomic E-state index is 3.22. The number of benzene rings is 1. The molecule has 0 aromatic heterocycles. The van der Waals surface area contributed by atoms with Crippen LogP contribution in [0.2, 0.25) is 0 Å². The molecule has 0 aliphatic heterocycles. The van der Waals surface area contributed by atoms with Crippen LogP contribution in [0.3, 0.4) is 0 Å². The summed E-state index contributed by atoms with van der Waals surface area (Å²) in [5.41, 5.74) is 1.35. The van der Waals surface area contributed by atoms with E-state index in [1.807, 2.05) is 7.05 Å². The van der Waals surface area contributed by atoms with Crippen LogP contribution in [0.5, 0.6) is 0 Å². The van der Waals surface area contributed by atoms with E-state index in [0.717, 1.165) is 0 Å². The Morgan fingerprint density at radius 1 is 1.42 bits per heavy atom. The van der Waals surface area contributed by atoms with Crippen LogP contribution in [0.4, 0.5) is 0 Å². The first-order valence-corrected chi connectivity index (χ1v) is 5.31. The van der Waals surface area contributed by atoms with E-state index in [-0.39, 0.29) is 0 Å². The Balaban J connectivity index is 2.86. The van der Waals surface area contributed by atoms with Crippen molar-refractivity contribution in [1.82, 2.24) is 5.32 Å². The molecule has 0 spiro atoms. The second kappa shape index (κ2) is 4.53. The highest BCUT2D eigenvalue weighted by atomic mass is 32.2. The lowest BCUT2D eigenvalue weighted by Gasteiger charge is -2.10. The van der Waals surface area contributed by atoms with E-state index in [1.165, 1.54) is 10.5 Å². The van der Waals surface area contributed by atoms with E-state index in [1.54, 1.807) is 11.8 Å². The Labute approximate surface area is 78.6 Å². The van der Waals surface area contributed by atoms with Crippen molar-refractivity contribution in [3.05, 3.63) is 29.8 Å². The third-order valence-electron chi connectivity index (χ3n) is 2.03. The molecular weight excluding hydrogens is 166 g/mol. The van der Waals surface area contributed by atoms with E-state index < -0.39 is 0 Å². The van der Waals surface area contributed by atoms with Crippen LogP contribution in [0.15, 0.2) is 29.2 Å². The summed E-state index contributed by atoms with van der Waals surface area (Å²) in [6, 6.07) is 9.07. The summed E-state index contributed by atoms with van der Waals surface area (Å²) < 4.78 is 0. The molecule has 0 saturated carbocycles. The van der Waals surface area contributed by atoms with Gasteiger partial charge in [0, 0.05) is 10.9 Å². The van der Waals surface area contributed by atoms with Gasteiger partial charge in [-0.1, -0.05) is 12.1 Å². The predicted molar refractivity (Wildman–Crippen MR) is 55.7 cm³/mol. The van der Waals surface area contributed by atoms with Crippen LogP contribution in [0.1, 0.15) is 18.5 Å². The first-order valence-electron chi connectivity index (χ1n) is 4.09. The van der Waals surface area contributed by atoms with Crippen LogP contribution >= 0.6 is 11.8 Å². The minimum absolute atomic E-state index is 0.442. The number of hydrogen-bond acceptors (Lipinski definition) is 2.